The van der Waals surface area contributed by atoms with Gasteiger partial charge >= 0.3 is 0 Å². The second-order valence-electron chi connectivity index (χ2n) is 9.39. The highest BCUT2D eigenvalue weighted by atomic mass is 15.1. The number of hydrogen-bond acceptors (Lipinski definition) is 2. The molecule has 1 heterocycles. The van der Waals surface area contributed by atoms with Crippen LogP contribution in [0.5, 0.6) is 0 Å². The van der Waals surface area contributed by atoms with E-state index in [0.29, 0.717) is 11.8 Å². The van der Waals surface area contributed by atoms with Crippen LogP contribution < -0.4 is 0 Å². The molecule has 28 heavy (non-hydrogen) atoms. The fraction of sp³-hybridized carbons (Fsp3) is 0.385. The molecule has 3 aromatic rings. The van der Waals surface area contributed by atoms with Gasteiger partial charge in [0.05, 0.1) is 11.4 Å². The zero-order valence-corrected chi connectivity index (χ0v) is 16.0. The number of nitrogens with zero attached hydrogens (tertiary/aromatic N) is 2. The van der Waals surface area contributed by atoms with Crippen molar-refractivity contribution in [2.75, 3.05) is 0 Å². The van der Waals surface area contributed by atoms with Crippen LogP contribution in [-0.4, -0.2) is 10.2 Å². The van der Waals surface area contributed by atoms with Crippen molar-refractivity contribution in [2.45, 2.75) is 37.5 Å². The molecule has 4 bridgehead atoms. The van der Waals surface area contributed by atoms with Crippen molar-refractivity contribution in [1.82, 2.24) is 10.2 Å². The van der Waals surface area contributed by atoms with Gasteiger partial charge < -0.3 is 0 Å². The summed E-state index contributed by atoms with van der Waals surface area (Å²) in [6.07, 6.45) is 5.76. The molecule has 3 saturated carbocycles. The highest BCUT2D eigenvalue weighted by molar-refractivity contribution is 5.75. The van der Waals surface area contributed by atoms with Gasteiger partial charge in [0.2, 0.25) is 0 Å². The van der Waals surface area contributed by atoms with Crippen molar-refractivity contribution in [2.24, 2.45) is 23.7 Å². The minimum Gasteiger partial charge on any atom is -0.150 e. The Bertz CT molecular complexity index is 974. The van der Waals surface area contributed by atoms with Crippen LogP contribution in [0.15, 0.2) is 60.7 Å². The monoisotopic (exact) mass is 364 g/mol. The molecular formula is C26H24N2. The maximum absolute atomic E-state index is 4.84. The van der Waals surface area contributed by atoms with E-state index < -0.39 is 0 Å². The molecule has 0 amide bonds. The summed E-state index contributed by atoms with van der Waals surface area (Å²) in [6.45, 7) is 0. The van der Waals surface area contributed by atoms with Crippen LogP contribution in [0.2, 0.25) is 0 Å². The molecule has 138 valence electrons. The van der Waals surface area contributed by atoms with Gasteiger partial charge in [-0.15, -0.1) is 10.2 Å². The van der Waals surface area contributed by atoms with E-state index in [1.807, 2.05) is 0 Å². The third-order valence-electron chi connectivity index (χ3n) is 8.37. The molecule has 0 aliphatic heterocycles. The Hall–Kier alpha value is -2.48. The first kappa shape index (κ1) is 15.4. The molecule has 7 rings (SSSR count). The van der Waals surface area contributed by atoms with Gasteiger partial charge in [0.15, 0.2) is 0 Å². The van der Waals surface area contributed by atoms with Crippen molar-refractivity contribution in [3.05, 3.63) is 71.8 Å². The Balaban J connectivity index is 1.48. The molecule has 4 aliphatic carbocycles. The summed E-state index contributed by atoms with van der Waals surface area (Å²) >= 11 is 0. The smallest absolute Gasteiger partial charge is 0.0967 e. The maximum Gasteiger partial charge on any atom is 0.0967 e. The summed E-state index contributed by atoms with van der Waals surface area (Å²) in [5.74, 6) is 5.16. The number of rotatable bonds is 2. The average Bonchev–Trinajstić information content (AvgIpc) is 3.53. The summed E-state index contributed by atoms with van der Waals surface area (Å²) in [5.41, 5.74) is 7.89. The summed E-state index contributed by atoms with van der Waals surface area (Å²) in [7, 11) is 0. The SMILES string of the molecule is c1ccc(-c2nnc(-c3ccccc3)c3c2[C@H]2C[C@@H]3[C@H]3[C@H]4CC[C@H](C4)[C@H]32)cc1. The van der Waals surface area contributed by atoms with Gasteiger partial charge in [0, 0.05) is 11.1 Å². The molecule has 0 unspecified atom stereocenters. The predicted molar refractivity (Wildman–Crippen MR) is 111 cm³/mol. The molecule has 4 aliphatic rings. The Labute approximate surface area is 166 Å². The molecule has 2 aromatic carbocycles. The van der Waals surface area contributed by atoms with E-state index >= 15 is 0 Å². The highest BCUT2D eigenvalue weighted by Gasteiger charge is 2.62. The Kier molecular flexibility index (Phi) is 3.05. The second-order valence-corrected chi connectivity index (χ2v) is 9.39. The summed E-state index contributed by atoms with van der Waals surface area (Å²) in [6, 6.07) is 21.5. The molecule has 0 N–H and O–H groups in total. The number of benzene rings is 2. The largest absolute Gasteiger partial charge is 0.150 e. The normalized spacial score (nSPS) is 33.9. The predicted octanol–water partition coefficient (Wildman–Crippen LogP) is 6.06. The van der Waals surface area contributed by atoms with Gasteiger partial charge in [-0.2, -0.15) is 0 Å². The van der Waals surface area contributed by atoms with E-state index in [-0.39, 0.29) is 0 Å². The van der Waals surface area contributed by atoms with Crippen LogP contribution >= 0.6 is 0 Å². The molecule has 2 nitrogen and oxygen atoms in total. The second kappa shape index (κ2) is 5.53. The van der Waals surface area contributed by atoms with Crippen molar-refractivity contribution >= 4 is 0 Å². The Morgan fingerprint density at radius 2 is 1.04 bits per heavy atom. The molecule has 0 saturated heterocycles. The molecule has 2 heteroatoms. The molecule has 1 aromatic heterocycles. The minimum absolute atomic E-state index is 0.702. The lowest BCUT2D eigenvalue weighted by Gasteiger charge is -2.37. The summed E-state index contributed by atoms with van der Waals surface area (Å²) < 4.78 is 0. The number of fused-ring (bicyclic) bond motifs is 12. The van der Waals surface area contributed by atoms with E-state index in [4.69, 9.17) is 10.2 Å². The van der Waals surface area contributed by atoms with Crippen molar-refractivity contribution in [3.63, 3.8) is 0 Å². The van der Waals surface area contributed by atoms with Crippen molar-refractivity contribution < 1.29 is 0 Å². The topological polar surface area (TPSA) is 25.8 Å². The van der Waals surface area contributed by atoms with Crippen LogP contribution in [0, 0.1) is 23.7 Å². The standard InChI is InChI=1S/C26H24N2/c1-3-7-15(8-4-1)25-23-19-14-20(22-18-12-11-17(13-18)21(19)22)24(23)26(28-27-25)16-9-5-2-6-10-16/h1-10,17-22H,11-14H2/t17-,18+,19+,20-,21+,22-. The van der Waals surface area contributed by atoms with Gasteiger partial charge in [0.1, 0.15) is 0 Å². The van der Waals surface area contributed by atoms with E-state index in [9.17, 15) is 0 Å². The Morgan fingerprint density at radius 3 is 1.50 bits per heavy atom. The van der Waals surface area contributed by atoms with E-state index in [2.05, 4.69) is 60.7 Å². The minimum atomic E-state index is 0.702. The third kappa shape index (κ3) is 1.89. The van der Waals surface area contributed by atoms with Crippen LogP contribution in [-0.2, 0) is 0 Å². The van der Waals surface area contributed by atoms with E-state index in [0.717, 1.165) is 35.1 Å². The van der Waals surface area contributed by atoms with Crippen molar-refractivity contribution in [3.8, 4) is 22.5 Å². The van der Waals surface area contributed by atoms with Gasteiger partial charge in [-0.3, -0.25) is 0 Å². The quantitative estimate of drug-likeness (QED) is 0.517. The average molecular weight is 364 g/mol. The van der Waals surface area contributed by atoms with Gasteiger partial charge in [0.25, 0.3) is 0 Å². The highest BCUT2D eigenvalue weighted by Crippen LogP contribution is 2.72. The first-order chi connectivity index (χ1) is 13.9. The number of aromatic nitrogens is 2. The van der Waals surface area contributed by atoms with E-state index in [1.54, 1.807) is 11.1 Å². The van der Waals surface area contributed by atoms with E-state index in [1.165, 1.54) is 36.8 Å². The summed E-state index contributed by atoms with van der Waals surface area (Å²) in [4.78, 5) is 0. The molecule has 0 spiro atoms. The van der Waals surface area contributed by atoms with Crippen LogP contribution in [0.4, 0.5) is 0 Å². The zero-order valence-electron chi connectivity index (χ0n) is 16.0. The lowest BCUT2D eigenvalue weighted by molar-refractivity contribution is 0.218. The molecule has 0 radical (unpaired) electrons. The fourth-order valence-electron chi connectivity index (χ4n) is 7.61. The first-order valence-corrected chi connectivity index (χ1v) is 10.9. The van der Waals surface area contributed by atoms with Gasteiger partial charge in [-0.1, -0.05) is 60.7 Å². The maximum atomic E-state index is 4.84. The number of hydrogen-bond donors (Lipinski definition) is 0. The zero-order chi connectivity index (χ0) is 18.2. The fourth-order valence-corrected chi connectivity index (χ4v) is 7.61. The van der Waals surface area contributed by atoms with Crippen molar-refractivity contribution in [1.29, 1.82) is 0 Å². The first-order valence-electron chi connectivity index (χ1n) is 10.9. The van der Waals surface area contributed by atoms with Crippen LogP contribution in [0.1, 0.15) is 48.6 Å². The Morgan fingerprint density at radius 1 is 0.571 bits per heavy atom. The molecular weight excluding hydrogens is 340 g/mol. The molecule has 6 atom stereocenters. The third-order valence-corrected chi connectivity index (χ3v) is 8.37. The summed E-state index contributed by atoms with van der Waals surface area (Å²) in [5, 5.41) is 9.68. The van der Waals surface area contributed by atoms with Crippen LogP contribution in [0.3, 0.4) is 0 Å². The van der Waals surface area contributed by atoms with Crippen LogP contribution in [0.25, 0.3) is 22.5 Å². The van der Waals surface area contributed by atoms with Gasteiger partial charge in [-0.25, -0.2) is 0 Å². The van der Waals surface area contributed by atoms with Gasteiger partial charge in [-0.05, 0) is 72.3 Å². The lowest BCUT2D eigenvalue weighted by Crippen LogP contribution is -2.28. The molecule has 3 fully saturated rings. The lowest BCUT2D eigenvalue weighted by atomic mass is 9.68.